The lowest BCUT2D eigenvalue weighted by Gasteiger charge is -2.29. The number of halogens is 2. The van der Waals surface area contributed by atoms with Crippen molar-refractivity contribution in [3.05, 3.63) is 58.5 Å². The highest BCUT2D eigenvalue weighted by Crippen LogP contribution is 2.26. The van der Waals surface area contributed by atoms with Crippen molar-refractivity contribution in [1.29, 1.82) is 0 Å². The van der Waals surface area contributed by atoms with Crippen molar-refractivity contribution >= 4 is 45.9 Å². The van der Waals surface area contributed by atoms with E-state index in [1.54, 1.807) is 19.1 Å². The van der Waals surface area contributed by atoms with Crippen LogP contribution >= 0.6 is 11.6 Å². The molecule has 1 heterocycles. The molecule has 3 rings (SSSR count). The lowest BCUT2D eigenvalue weighted by atomic mass is 10.0. The average Bonchev–Trinajstić information content (AvgIpc) is 3.21. The molecular weight excluding hydrogens is 507 g/mol. The molecule has 3 amide bonds. The van der Waals surface area contributed by atoms with E-state index in [0.29, 0.717) is 16.6 Å². The molecule has 3 aromatic rings. The van der Waals surface area contributed by atoms with Gasteiger partial charge in [0, 0.05) is 23.2 Å². The zero-order valence-corrected chi connectivity index (χ0v) is 20.8. The predicted molar refractivity (Wildman–Crippen MR) is 135 cm³/mol. The number of nitrogens with one attached hydrogen (secondary N) is 1. The molecule has 0 saturated heterocycles. The Bertz CT molecular complexity index is 1320. The van der Waals surface area contributed by atoms with E-state index in [2.05, 4.69) is 10.4 Å². The molecule has 0 bridgehead atoms. The van der Waals surface area contributed by atoms with Crippen LogP contribution in [0.25, 0.3) is 10.9 Å². The van der Waals surface area contributed by atoms with Crippen LogP contribution in [0.15, 0.2) is 36.4 Å². The van der Waals surface area contributed by atoms with Crippen molar-refractivity contribution in [1.82, 2.24) is 20.0 Å². The number of nitrogens with zero attached hydrogens (tertiary/aromatic N) is 3. The summed E-state index contributed by atoms with van der Waals surface area (Å²) in [5.41, 5.74) is 12.0. The van der Waals surface area contributed by atoms with Crippen molar-refractivity contribution in [3.8, 4) is 0 Å². The molecule has 0 saturated carbocycles. The molecule has 1 unspecified atom stereocenters. The summed E-state index contributed by atoms with van der Waals surface area (Å²) in [5, 5.41) is 26.1. The maximum atomic E-state index is 14.5. The van der Waals surface area contributed by atoms with Crippen molar-refractivity contribution in [3.63, 3.8) is 0 Å². The third-order valence-corrected chi connectivity index (χ3v) is 6.13. The number of benzene rings is 2. The normalized spacial score (nSPS) is 12.8. The number of hydrogen-bond donors (Lipinski definition) is 5. The Morgan fingerprint density at radius 2 is 1.97 bits per heavy atom. The fourth-order valence-electron chi connectivity index (χ4n) is 3.93. The largest absolute Gasteiger partial charge is 0.399 e. The van der Waals surface area contributed by atoms with Gasteiger partial charge in [-0.1, -0.05) is 23.7 Å². The molecule has 198 valence electrons. The van der Waals surface area contributed by atoms with E-state index in [0.717, 1.165) is 4.90 Å². The topological polar surface area (TPSA) is 177 Å². The average molecular weight is 535 g/mol. The van der Waals surface area contributed by atoms with Gasteiger partial charge in [-0.25, -0.2) is 4.39 Å². The number of fused-ring (bicyclic) bond motifs is 1. The molecule has 0 aliphatic rings. The van der Waals surface area contributed by atoms with Gasteiger partial charge in [-0.15, -0.1) is 0 Å². The zero-order valence-electron chi connectivity index (χ0n) is 20.0. The summed E-state index contributed by atoms with van der Waals surface area (Å²) in [5.74, 6) is -2.76. The Labute approximate surface area is 216 Å². The van der Waals surface area contributed by atoms with Gasteiger partial charge in [0.1, 0.15) is 12.4 Å². The Balaban J connectivity index is 1.83. The minimum atomic E-state index is -0.906. The standard InChI is InChI=1S/C24H28ClFN6O5/c1-13(12-34)31(10-20(35)29-18(7-8-33)15-3-2-4-17(25)22(15)26)21(36)11-32-19-6-5-14(27)9-16(19)23(30-32)24(28)37/h2-6,9,13,18,33-34H,7-8,10-12,27H2,1H3,(H2,28,37)(H,29,35)/t13?,18-/m1/s1. The summed E-state index contributed by atoms with van der Waals surface area (Å²) in [6.07, 6.45) is 0.00477. The number of nitrogen functional groups attached to an aromatic ring is 1. The zero-order chi connectivity index (χ0) is 27.3. The Kier molecular flexibility index (Phi) is 9.03. The van der Waals surface area contributed by atoms with Gasteiger partial charge in [0.2, 0.25) is 11.8 Å². The second kappa shape index (κ2) is 12.0. The van der Waals surface area contributed by atoms with Crippen LogP contribution in [0.1, 0.15) is 35.4 Å². The minimum Gasteiger partial charge on any atom is -0.399 e. The lowest BCUT2D eigenvalue weighted by Crippen LogP contribution is -2.48. The van der Waals surface area contributed by atoms with E-state index in [1.165, 1.54) is 28.9 Å². The molecule has 7 N–H and O–H groups in total. The molecule has 0 fully saturated rings. The summed E-state index contributed by atoms with van der Waals surface area (Å²) in [6, 6.07) is 7.33. The SMILES string of the molecule is CC(CO)N(CC(=O)N[C@H](CCO)c1cccc(Cl)c1F)C(=O)Cn1nc(C(N)=O)c2cc(N)ccc21. The summed E-state index contributed by atoms with van der Waals surface area (Å²) < 4.78 is 15.8. The number of carbonyl (C=O) groups excluding carboxylic acids is 3. The first-order valence-electron chi connectivity index (χ1n) is 11.4. The number of aliphatic hydroxyl groups is 2. The van der Waals surface area contributed by atoms with E-state index >= 15 is 0 Å². The lowest BCUT2D eigenvalue weighted by molar-refractivity contribution is -0.139. The molecule has 13 heteroatoms. The van der Waals surface area contributed by atoms with E-state index in [4.69, 9.17) is 23.1 Å². The highest BCUT2D eigenvalue weighted by Gasteiger charge is 2.27. The molecule has 0 aliphatic heterocycles. The van der Waals surface area contributed by atoms with Crippen LogP contribution in [0, 0.1) is 5.82 Å². The van der Waals surface area contributed by atoms with Crippen LogP contribution in [-0.2, 0) is 16.1 Å². The fraction of sp³-hybridized carbons (Fsp3) is 0.333. The monoisotopic (exact) mass is 534 g/mol. The summed E-state index contributed by atoms with van der Waals surface area (Å²) >= 11 is 5.85. The molecule has 37 heavy (non-hydrogen) atoms. The Morgan fingerprint density at radius 1 is 1.24 bits per heavy atom. The maximum Gasteiger partial charge on any atom is 0.269 e. The Morgan fingerprint density at radius 3 is 2.62 bits per heavy atom. The fourth-order valence-corrected chi connectivity index (χ4v) is 4.11. The second-order valence-electron chi connectivity index (χ2n) is 8.48. The molecule has 0 spiro atoms. The van der Waals surface area contributed by atoms with Crippen LogP contribution < -0.4 is 16.8 Å². The van der Waals surface area contributed by atoms with E-state index in [-0.39, 0.29) is 35.9 Å². The van der Waals surface area contributed by atoms with Crippen LogP contribution in [0.2, 0.25) is 5.02 Å². The van der Waals surface area contributed by atoms with E-state index in [1.807, 2.05) is 0 Å². The molecule has 0 radical (unpaired) electrons. The quantitative estimate of drug-likeness (QED) is 0.227. The number of nitrogens with two attached hydrogens (primary N) is 2. The van der Waals surface area contributed by atoms with Gasteiger partial charge in [-0.3, -0.25) is 19.1 Å². The third-order valence-electron chi connectivity index (χ3n) is 5.83. The van der Waals surface area contributed by atoms with Crippen LogP contribution in [0.3, 0.4) is 0 Å². The van der Waals surface area contributed by atoms with Gasteiger partial charge in [-0.2, -0.15) is 5.10 Å². The van der Waals surface area contributed by atoms with Crippen LogP contribution in [0.4, 0.5) is 10.1 Å². The molecule has 2 atom stereocenters. The number of aliphatic hydroxyl groups excluding tert-OH is 2. The molecule has 0 aliphatic carbocycles. The second-order valence-corrected chi connectivity index (χ2v) is 8.88. The predicted octanol–water partition coefficient (Wildman–Crippen LogP) is 0.959. The highest BCUT2D eigenvalue weighted by atomic mass is 35.5. The summed E-state index contributed by atoms with van der Waals surface area (Å²) in [4.78, 5) is 39.1. The van der Waals surface area contributed by atoms with E-state index in [9.17, 15) is 29.0 Å². The first-order valence-corrected chi connectivity index (χ1v) is 11.7. The smallest absolute Gasteiger partial charge is 0.269 e. The number of primary amides is 1. The van der Waals surface area contributed by atoms with Gasteiger partial charge in [-0.05, 0) is 37.6 Å². The Hall–Kier alpha value is -3.74. The number of aromatic nitrogens is 2. The van der Waals surface area contributed by atoms with Crippen molar-refractivity contribution in [2.24, 2.45) is 5.73 Å². The first kappa shape index (κ1) is 27.8. The van der Waals surface area contributed by atoms with Gasteiger partial charge < -0.3 is 31.9 Å². The number of anilines is 1. The number of amides is 3. The van der Waals surface area contributed by atoms with Gasteiger partial charge >= 0.3 is 0 Å². The first-order chi connectivity index (χ1) is 17.6. The molecule has 1 aromatic heterocycles. The van der Waals surface area contributed by atoms with Crippen LogP contribution in [-0.4, -0.2) is 68.4 Å². The van der Waals surface area contributed by atoms with Gasteiger partial charge in [0.15, 0.2) is 5.69 Å². The maximum absolute atomic E-state index is 14.5. The summed E-state index contributed by atoms with van der Waals surface area (Å²) in [7, 11) is 0. The van der Waals surface area contributed by atoms with E-state index < -0.39 is 48.8 Å². The summed E-state index contributed by atoms with van der Waals surface area (Å²) in [6.45, 7) is -0.0752. The van der Waals surface area contributed by atoms with Crippen molar-refractivity contribution in [2.75, 3.05) is 25.5 Å². The number of carbonyl (C=O) groups is 3. The third kappa shape index (κ3) is 6.34. The van der Waals surface area contributed by atoms with Crippen molar-refractivity contribution in [2.45, 2.75) is 32.0 Å². The minimum absolute atomic E-state index is 0.00477. The van der Waals surface area contributed by atoms with Gasteiger partial charge in [0.25, 0.3) is 5.91 Å². The van der Waals surface area contributed by atoms with Gasteiger partial charge in [0.05, 0.1) is 35.8 Å². The van der Waals surface area contributed by atoms with Crippen molar-refractivity contribution < 1.29 is 29.0 Å². The molecule has 2 aromatic carbocycles. The molecule has 11 nitrogen and oxygen atoms in total. The number of rotatable bonds is 11. The number of hydrogen-bond acceptors (Lipinski definition) is 7. The van der Waals surface area contributed by atoms with Crippen LogP contribution in [0.5, 0.6) is 0 Å². The highest BCUT2D eigenvalue weighted by molar-refractivity contribution is 6.30. The molecular formula is C24H28ClFN6O5.